The highest BCUT2D eigenvalue weighted by Crippen LogP contribution is 2.20. The zero-order valence-electron chi connectivity index (χ0n) is 12.7. The fourth-order valence-electron chi connectivity index (χ4n) is 2.16. The molecular weight excluding hydrogens is 283 g/mol. The quantitative estimate of drug-likeness (QED) is 0.890. The van der Waals surface area contributed by atoms with Crippen LogP contribution in [0.15, 0.2) is 48.5 Å². The van der Waals surface area contributed by atoms with Gasteiger partial charge in [-0.1, -0.05) is 18.2 Å². The van der Waals surface area contributed by atoms with E-state index in [2.05, 4.69) is 5.32 Å². The average molecular weight is 302 g/mol. The van der Waals surface area contributed by atoms with E-state index in [1.54, 1.807) is 11.0 Å². The zero-order valence-corrected chi connectivity index (χ0v) is 12.7. The number of ether oxygens (including phenoxy) is 1. The molecule has 0 aliphatic heterocycles. The molecule has 0 bridgehead atoms. The summed E-state index contributed by atoms with van der Waals surface area (Å²) in [4.78, 5) is 14.0. The van der Waals surface area contributed by atoms with Crippen LogP contribution in [-0.4, -0.2) is 26.1 Å². The smallest absolute Gasteiger partial charge is 0.246 e. The molecule has 0 aliphatic rings. The Kier molecular flexibility index (Phi) is 5.36. The second-order valence-corrected chi connectivity index (χ2v) is 4.68. The average Bonchev–Trinajstić information content (AvgIpc) is 2.55. The van der Waals surface area contributed by atoms with E-state index in [4.69, 9.17) is 4.74 Å². The summed E-state index contributed by atoms with van der Waals surface area (Å²) in [5, 5.41) is 2.93. The molecule has 0 heterocycles. The maximum Gasteiger partial charge on any atom is 0.246 e. The number of methoxy groups -OCH3 is 1. The summed E-state index contributed by atoms with van der Waals surface area (Å²) in [6.07, 6.45) is 0. The van der Waals surface area contributed by atoms with Crippen LogP contribution in [0.4, 0.5) is 15.8 Å². The van der Waals surface area contributed by atoms with Crippen molar-refractivity contribution < 1.29 is 13.9 Å². The molecule has 0 aliphatic carbocycles. The van der Waals surface area contributed by atoms with Crippen molar-refractivity contribution in [3.63, 3.8) is 0 Å². The van der Waals surface area contributed by atoms with Crippen molar-refractivity contribution >= 4 is 17.3 Å². The number of anilines is 2. The van der Waals surface area contributed by atoms with E-state index >= 15 is 0 Å². The molecule has 0 unspecified atom stereocenters. The van der Waals surface area contributed by atoms with Crippen molar-refractivity contribution in [1.82, 2.24) is 0 Å². The highest BCUT2D eigenvalue weighted by molar-refractivity contribution is 5.96. The summed E-state index contributed by atoms with van der Waals surface area (Å²) in [6.45, 7) is 2.58. The first-order chi connectivity index (χ1) is 10.7. The number of rotatable bonds is 6. The molecule has 2 rings (SSSR count). The van der Waals surface area contributed by atoms with Crippen LogP contribution in [0, 0.1) is 5.82 Å². The first-order valence-electron chi connectivity index (χ1n) is 7.08. The standard InChI is InChI=1S/C17H19FN2O2/c1-3-20(14-7-5-4-6-8-14)17(21)12-19-13-9-10-16(22-2)15(18)11-13/h4-11,19H,3,12H2,1-2H3. The number of carbonyl (C=O) groups is 1. The molecule has 2 aromatic rings. The number of hydrogen-bond acceptors (Lipinski definition) is 3. The lowest BCUT2D eigenvalue weighted by atomic mass is 10.2. The van der Waals surface area contributed by atoms with Gasteiger partial charge in [-0.05, 0) is 31.2 Å². The summed E-state index contributed by atoms with van der Waals surface area (Å²) in [7, 11) is 1.41. The van der Waals surface area contributed by atoms with Gasteiger partial charge in [-0.2, -0.15) is 0 Å². The molecule has 0 atom stereocenters. The number of nitrogens with zero attached hydrogens (tertiary/aromatic N) is 1. The Bertz CT molecular complexity index is 632. The minimum atomic E-state index is -0.463. The van der Waals surface area contributed by atoms with Gasteiger partial charge in [0.1, 0.15) is 0 Å². The van der Waals surface area contributed by atoms with Gasteiger partial charge in [0.25, 0.3) is 0 Å². The molecule has 2 aromatic carbocycles. The Labute approximate surface area is 129 Å². The van der Waals surface area contributed by atoms with E-state index < -0.39 is 5.82 Å². The van der Waals surface area contributed by atoms with E-state index in [0.29, 0.717) is 12.2 Å². The molecule has 0 radical (unpaired) electrons. The summed E-state index contributed by atoms with van der Waals surface area (Å²) < 4.78 is 18.5. The van der Waals surface area contributed by atoms with Crippen molar-refractivity contribution in [2.24, 2.45) is 0 Å². The molecule has 116 valence electrons. The van der Waals surface area contributed by atoms with Gasteiger partial charge in [-0.25, -0.2) is 4.39 Å². The third-order valence-corrected chi connectivity index (χ3v) is 3.28. The summed E-state index contributed by atoms with van der Waals surface area (Å²) in [5.41, 5.74) is 1.38. The van der Waals surface area contributed by atoms with Gasteiger partial charge in [0.2, 0.25) is 5.91 Å². The van der Waals surface area contributed by atoms with Crippen LogP contribution in [0.2, 0.25) is 0 Å². The number of amides is 1. The molecule has 0 saturated heterocycles. The molecule has 4 nitrogen and oxygen atoms in total. The molecule has 1 N–H and O–H groups in total. The molecule has 0 spiro atoms. The normalized spacial score (nSPS) is 10.1. The highest BCUT2D eigenvalue weighted by atomic mass is 19.1. The van der Waals surface area contributed by atoms with Crippen molar-refractivity contribution in [2.75, 3.05) is 30.4 Å². The van der Waals surface area contributed by atoms with Crippen LogP contribution in [0.5, 0.6) is 5.75 Å². The van der Waals surface area contributed by atoms with Crippen molar-refractivity contribution in [3.8, 4) is 5.75 Å². The largest absolute Gasteiger partial charge is 0.494 e. The number of likely N-dealkylation sites (N-methyl/N-ethyl adjacent to an activating group) is 1. The fraction of sp³-hybridized carbons (Fsp3) is 0.235. The fourth-order valence-corrected chi connectivity index (χ4v) is 2.16. The highest BCUT2D eigenvalue weighted by Gasteiger charge is 2.13. The van der Waals surface area contributed by atoms with Gasteiger partial charge < -0.3 is 15.0 Å². The van der Waals surface area contributed by atoms with E-state index in [0.717, 1.165) is 5.69 Å². The third kappa shape index (κ3) is 3.75. The number of benzene rings is 2. The summed E-state index contributed by atoms with van der Waals surface area (Å²) in [6, 6.07) is 14.0. The Morgan fingerprint density at radius 3 is 2.55 bits per heavy atom. The maximum absolute atomic E-state index is 13.6. The van der Waals surface area contributed by atoms with Crippen LogP contribution < -0.4 is 15.0 Å². The predicted molar refractivity (Wildman–Crippen MR) is 85.9 cm³/mol. The minimum Gasteiger partial charge on any atom is -0.494 e. The van der Waals surface area contributed by atoms with Crippen molar-refractivity contribution in [1.29, 1.82) is 0 Å². The van der Waals surface area contributed by atoms with Gasteiger partial charge in [-0.15, -0.1) is 0 Å². The Balaban J connectivity index is 2.01. The zero-order chi connectivity index (χ0) is 15.9. The monoisotopic (exact) mass is 302 g/mol. The lowest BCUT2D eigenvalue weighted by Gasteiger charge is -2.21. The van der Waals surface area contributed by atoms with Gasteiger partial charge >= 0.3 is 0 Å². The first kappa shape index (κ1) is 15.8. The van der Waals surface area contributed by atoms with Gasteiger partial charge in [0.05, 0.1) is 13.7 Å². The van der Waals surface area contributed by atoms with Gasteiger partial charge in [0.15, 0.2) is 11.6 Å². The van der Waals surface area contributed by atoms with Gasteiger partial charge in [0, 0.05) is 24.0 Å². The SMILES string of the molecule is CCN(C(=O)CNc1ccc(OC)c(F)c1)c1ccccc1. The second kappa shape index (κ2) is 7.45. The van der Waals surface area contributed by atoms with E-state index in [1.807, 2.05) is 37.3 Å². The van der Waals surface area contributed by atoms with Crippen LogP contribution in [0.25, 0.3) is 0 Å². The number of halogens is 1. The number of hydrogen-bond donors (Lipinski definition) is 1. The molecular formula is C17H19FN2O2. The number of nitrogens with one attached hydrogen (secondary N) is 1. The van der Waals surface area contributed by atoms with Gasteiger partial charge in [-0.3, -0.25) is 4.79 Å². The van der Waals surface area contributed by atoms with E-state index in [-0.39, 0.29) is 18.2 Å². The maximum atomic E-state index is 13.6. The number of carbonyl (C=O) groups excluding carboxylic acids is 1. The predicted octanol–water partition coefficient (Wildman–Crippen LogP) is 3.30. The summed E-state index contributed by atoms with van der Waals surface area (Å²) >= 11 is 0. The van der Waals surface area contributed by atoms with E-state index in [9.17, 15) is 9.18 Å². The van der Waals surface area contributed by atoms with Crippen molar-refractivity contribution in [2.45, 2.75) is 6.92 Å². The molecule has 5 heteroatoms. The molecule has 0 aromatic heterocycles. The second-order valence-electron chi connectivity index (χ2n) is 4.68. The molecule has 1 amide bonds. The molecule has 0 saturated carbocycles. The van der Waals surface area contributed by atoms with Crippen LogP contribution in [0.1, 0.15) is 6.92 Å². The Hall–Kier alpha value is -2.56. The van der Waals surface area contributed by atoms with E-state index in [1.165, 1.54) is 19.2 Å². The van der Waals surface area contributed by atoms with Crippen molar-refractivity contribution in [3.05, 3.63) is 54.3 Å². The number of para-hydroxylation sites is 1. The molecule has 22 heavy (non-hydrogen) atoms. The Morgan fingerprint density at radius 2 is 1.95 bits per heavy atom. The Morgan fingerprint density at radius 1 is 1.23 bits per heavy atom. The van der Waals surface area contributed by atoms with Crippen LogP contribution >= 0.6 is 0 Å². The minimum absolute atomic E-state index is 0.0788. The van der Waals surface area contributed by atoms with Crippen LogP contribution in [-0.2, 0) is 4.79 Å². The lowest BCUT2D eigenvalue weighted by Crippen LogP contribution is -2.35. The van der Waals surface area contributed by atoms with Crippen LogP contribution in [0.3, 0.4) is 0 Å². The first-order valence-corrected chi connectivity index (χ1v) is 7.08. The topological polar surface area (TPSA) is 41.6 Å². The summed E-state index contributed by atoms with van der Waals surface area (Å²) in [5.74, 6) is -0.364. The third-order valence-electron chi connectivity index (χ3n) is 3.28. The molecule has 0 fully saturated rings. The lowest BCUT2D eigenvalue weighted by molar-refractivity contribution is -0.116.